The number of hydrogen-bond donors (Lipinski definition) is 1. The lowest BCUT2D eigenvalue weighted by Crippen LogP contribution is -2.48. The summed E-state index contributed by atoms with van der Waals surface area (Å²) in [6.07, 6.45) is 0. The molecular formula is C22H29N3O4S. The molecule has 1 aliphatic heterocycles. The summed E-state index contributed by atoms with van der Waals surface area (Å²) in [5.74, 6) is 0.315. The van der Waals surface area contributed by atoms with Crippen molar-refractivity contribution < 1.29 is 17.9 Å². The van der Waals surface area contributed by atoms with E-state index in [0.29, 0.717) is 24.5 Å². The fourth-order valence-electron chi connectivity index (χ4n) is 3.39. The average molecular weight is 432 g/mol. The molecule has 0 unspecified atom stereocenters. The number of sulfonamides is 1. The third-order valence-corrected chi connectivity index (χ3v) is 7.34. The Labute approximate surface area is 178 Å². The number of nitrogens with zero attached hydrogens (tertiary/aromatic N) is 2. The highest BCUT2D eigenvalue weighted by molar-refractivity contribution is 7.89. The minimum absolute atomic E-state index is 0.153. The van der Waals surface area contributed by atoms with E-state index in [-0.39, 0.29) is 17.4 Å². The maximum absolute atomic E-state index is 13.0. The van der Waals surface area contributed by atoms with Crippen LogP contribution in [0.4, 0.5) is 5.69 Å². The number of hydrogen-bond acceptors (Lipinski definition) is 5. The SMILES string of the molecule is CCN1CCN(S(=O)(=O)c2cccc(NC(=O)COc3cccc(C)c3C)c2)CC1. The fourth-order valence-corrected chi connectivity index (χ4v) is 4.86. The van der Waals surface area contributed by atoms with Gasteiger partial charge in [-0.2, -0.15) is 4.31 Å². The van der Waals surface area contributed by atoms with Crippen molar-refractivity contribution in [3.05, 3.63) is 53.6 Å². The Morgan fingerprint density at radius 3 is 2.47 bits per heavy atom. The van der Waals surface area contributed by atoms with Gasteiger partial charge in [-0.15, -0.1) is 0 Å². The minimum Gasteiger partial charge on any atom is -0.483 e. The average Bonchev–Trinajstić information content (AvgIpc) is 2.75. The normalized spacial score (nSPS) is 15.7. The van der Waals surface area contributed by atoms with E-state index >= 15 is 0 Å². The zero-order valence-corrected chi connectivity index (χ0v) is 18.5. The van der Waals surface area contributed by atoms with Gasteiger partial charge in [0.15, 0.2) is 6.61 Å². The van der Waals surface area contributed by atoms with Crippen LogP contribution in [0.25, 0.3) is 0 Å². The van der Waals surface area contributed by atoms with Crippen LogP contribution in [0.15, 0.2) is 47.4 Å². The van der Waals surface area contributed by atoms with Gasteiger partial charge in [0.1, 0.15) is 5.75 Å². The zero-order valence-electron chi connectivity index (χ0n) is 17.7. The zero-order chi connectivity index (χ0) is 21.7. The van der Waals surface area contributed by atoms with Gasteiger partial charge in [-0.1, -0.05) is 25.1 Å². The molecule has 1 aliphatic rings. The Kier molecular flexibility index (Phi) is 7.12. The van der Waals surface area contributed by atoms with E-state index in [4.69, 9.17) is 4.74 Å². The van der Waals surface area contributed by atoms with Gasteiger partial charge in [-0.25, -0.2) is 8.42 Å². The van der Waals surface area contributed by atoms with Crippen molar-refractivity contribution in [1.29, 1.82) is 0 Å². The number of amides is 1. The van der Waals surface area contributed by atoms with E-state index in [2.05, 4.69) is 17.1 Å². The molecule has 2 aromatic rings. The molecule has 1 amide bonds. The van der Waals surface area contributed by atoms with Crippen molar-refractivity contribution in [2.24, 2.45) is 0 Å². The first-order valence-electron chi connectivity index (χ1n) is 10.1. The molecule has 0 atom stereocenters. The molecule has 0 spiro atoms. The summed E-state index contributed by atoms with van der Waals surface area (Å²) < 4.78 is 33.1. The molecule has 0 bridgehead atoms. The van der Waals surface area contributed by atoms with Gasteiger partial charge >= 0.3 is 0 Å². The Balaban J connectivity index is 1.63. The van der Waals surface area contributed by atoms with Gasteiger partial charge in [0.25, 0.3) is 5.91 Å². The van der Waals surface area contributed by atoms with Gasteiger partial charge in [0.05, 0.1) is 4.90 Å². The molecule has 0 radical (unpaired) electrons. The molecule has 0 aliphatic carbocycles. The van der Waals surface area contributed by atoms with Crippen molar-refractivity contribution in [2.45, 2.75) is 25.7 Å². The van der Waals surface area contributed by atoms with Crippen molar-refractivity contribution in [3.63, 3.8) is 0 Å². The molecule has 0 saturated carbocycles. The van der Waals surface area contributed by atoms with Gasteiger partial charge in [0, 0.05) is 31.9 Å². The second-order valence-corrected chi connectivity index (χ2v) is 9.34. The molecule has 1 heterocycles. The standard InChI is InChI=1S/C22H29N3O4S/c1-4-24-11-13-25(14-12-24)30(27,28)20-9-6-8-19(15-20)23-22(26)16-29-21-10-5-7-17(2)18(21)3/h5-10,15H,4,11-14,16H2,1-3H3,(H,23,26). The summed E-state index contributed by atoms with van der Waals surface area (Å²) in [5.41, 5.74) is 2.50. The molecular weight excluding hydrogens is 402 g/mol. The van der Waals surface area contributed by atoms with E-state index in [1.165, 1.54) is 10.4 Å². The predicted molar refractivity (Wildman–Crippen MR) is 117 cm³/mol. The summed E-state index contributed by atoms with van der Waals surface area (Å²) in [6, 6.07) is 12.0. The first-order valence-corrected chi connectivity index (χ1v) is 11.6. The number of likely N-dealkylation sites (N-methyl/N-ethyl adjacent to an activating group) is 1. The van der Waals surface area contributed by atoms with Gasteiger partial charge in [-0.3, -0.25) is 4.79 Å². The van der Waals surface area contributed by atoms with Crippen molar-refractivity contribution >= 4 is 21.6 Å². The molecule has 3 rings (SSSR count). The largest absolute Gasteiger partial charge is 0.483 e. The molecule has 0 aromatic heterocycles. The van der Waals surface area contributed by atoms with E-state index in [1.54, 1.807) is 18.2 Å². The molecule has 1 N–H and O–H groups in total. The maximum Gasteiger partial charge on any atom is 0.262 e. The van der Waals surface area contributed by atoms with Crippen LogP contribution >= 0.6 is 0 Å². The summed E-state index contributed by atoms with van der Waals surface area (Å²) >= 11 is 0. The first kappa shape index (κ1) is 22.3. The van der Waals surface area contributed by atoms with Crippen LogP contribution < -0.4 is 10.1 Å². The highest BCUT2D eigenvalue weighted by atomic mass is 32.2. The van der Waals surface area contributed by atoms with E-state index in [1.807, 2.05) is 32.0 Å². The quantitative estimate of drug-likeness (QED) is 0.729. The summed E-state index contributed by atoms with van der Waals surface area (Å²) in [6.45, 7) is 9.14. The molecule has 30 heavy (non-hydrogen) atoms. The van der Waals surface area contributed by atoms with E-state index in [9.17, 15) is 13.2 Å². The molecule has 1 fully saturated rings. The second-order valence-electron chi connectivity index (χ2n) is 7.40. The van der Waals surface area contributed by atoms with Crippen molar-refractivity contribution in [2.75, 3.05) is 44.6 Å². The lowest BCUT2D eigenvalue weighted by Gasteiger charge is -2.33. The van der Waals surface area contributed by atoms with Crippen LogP contribution in [0.2, 0.25) is 0 Å². The van der Waals surface area contributed by atoms with Crippen LogP contribution in [0, 0.1) is 13.8 Å². The van der Waals surface area contributed by atoms with Crippen LogP contribution in [0.3, 0.4) is 0 Å². The highest BCUT2D eigenvalue weighted by Gasteiger charge is 2.28. The summed E-state index contributed by atoms with van der Waals surface area (Å²) in [5, 5.41) is 2.72. The molecule has 1 saturated heterocycles. The topological polar surface area (TPSA) is 79.0 Å². The molecule has 8 heteroatoms. The van der Waals surface area contributed by atoms with Crippen molar-refractivity contribution in [1.82, 2.24) is 9.21 Å². The summed E-state index contributed by atoms with van der Waals surface area (Å²) in [7, 11) is -3.59. The fraction of sp³-hybridized carbons (Fsp3) is 0.409. The van der Waals surface area contributed by atoms with Crippen LogP contribution in [0.1, 0.15) is 18.1 Å². The van der Waals surface area contributed by atoms with Gasteiger partial charge in [0.2, 0.25) is 10.0 Å². The number of anilines is 1. The number of rotatable bonds is 7. The second kappa shape index (κ2) is 9.59. The van der Waals surface area contributed by atoms with Gasteiger partial charge in [-0.05, 0) is 55.8 Å². The van der Waals surface area contributed by atoms with E-state index in [0.717, 1.165) is 30.8 Å². The Morgan fingerprint density at radius 1 is 1.07 bits per heavy atom. The maximum atomic E-state index is 13.0. The van der Waals surface area contributed by atoms with Crippen LogP contribution in [0.5, 0.6) is 5.75 Å². The number of carbonyl (C=O) groups is 1. The van der Waals surface area contributed by atoms with Crippen LogP contribution in [-0.2, 0) is 14.8 Å². The van der Waals surface area contributed by atoms with Gasteiger partial charge < -0.3 is 15.0 Å². The van der Waals surface area contributed by atoms with Crippen LogP contribution in [-0.4, -0.2) is 62.9 Å². The first-order chi connectivity index (χ1) is 14.3. The number of piperazine rings is 1. The molecule has 162 valence electrons. The third-order valence-electron chi connectivity index (χ3n) is 5.45. The lowest BCUT2D eigenvalue weighted by atomic mass is 10.1. The molecule has 2 aromatic carbocycles. The monoisotopic (exact) mass is 431 g/mol. The number of benzene rings is 2. The highest BCUT2D eigenvalue weighted by Crippen LogP contribution is 2.22. The number of ether oxygens (including phenoxy) is 1. The predicted octanol–water partition coefficient (Wildman–Crippen LogP) is 2.65. The Bertz CT molecular complexity index is 999. The smallest absolute Gasteiger partial charge is 0.262 e. The third kappa shape index (κ3) is 5.19. The summed E-state index contributed by atoms with van der Waals surface area (Å²) in [4.78, 5) is 14.7. The molecule has 7 nitrogen and oxygen atoms in total. The minimum atomic E-state index is -3.59. The Hall–Kier alpha value is -2.42. The number of carbonyl (C=O) groups excluding carboxylic acids is 1. The number of aryl methyl sites for hydroxylation is 1. The van der Waals surface area contributed by atoms with E-state index < -0.39 is 10.0 Å². The Morgan fingerprint density at radius 2 is 1.77 bits per heavy atom. The lowest BCUT2D eigenvalue weighted by molar-refractivity contribution is -0.118. The number of nitrogens with one attached hydrogen (secondary N) is 1. The van der Waals surface area contributed by atoms with Crippen molar-refractivity contribution in [3.8, 4) is 5.75 Å².